The third kappa shape index (κ3) is 3.80. The molecule has 1 heterocycles. The summed E-state index contributed by atoms with van der Waals surface area (Å²) in [5.41, 5.74) is 1.24. The molecule has 0 aliphatic carbocycles. The van der Waals surface area contributed by atoms with Gasteiger partial charge in [-0.05, 0) is 36.2 Å². The van der Waals surface area contributed by atoms with Crippen LogP contribution in [0.4, 0.5) is 4.79 Å². The molecule has 0 saturated carbocycles. The molecule has 1 N–H and O–H groups in total. The number of benzene rings is 1. The predicted octanol–water partition coefficient (Wildman–Crippen LogP) is 3.19. The zero-order chi connectivity index (χ0) is 16.2. The van der Waals surface area contributed by atoms with Crippen LogP contribution < -0.4 is 0 Å². The predicted molar refractivity (Wildman–Crippen MR) is 86.8 cm³/mol. The third-order valence-corrected chi connectivity index (χ3v) is 4.79. The smallest absolute Gasteiger partial charge is 0.409 e. The van der Waals surface area contributed by atoms with Crippen molar-refractivity contribution in [3.8, 4) is 0 Å². The molecule has 122 valence electrons. The van der Waals surface area contributed by atoms with Gasteiger partial charge in [0, 0.05) is 19.2 Å². The summed E-state index contributed by atoms with van der Waals surface area (Å²) in [4.78, 5) is 13.9. The van der Waals surface area contributed by atoms with Crippen molar-refractivity contribution in [2.75, 3.05) is 20.3 Å². The number of methoxy groups -OCH3 is 1. The van der Waals surface area contributed by atoms with E-state index in [1.54, 1.807) is 0 Å². The minimum atomic E-state index is -0.259. The molecule has 1 aliphatic rings. The van der Waals surface area contributed by atoms with Gasteiger partial charge in [-0.15, -0.1) is 0 Å². The Bertz CT molecular complexity index is 486. The summed E-state index contributed by atoms with van der Waals surface area (Å²) >= 11 is 0. The maximum Gasteiger partial charge on any atom is 0.409 e. The van der Waals surface area contributed by atoms with Gasteiger partial charge in [0.15, 0.2) is 0 Å². The Morgan fingerprint density at radius 3 is 2.64 bits per heavy atom. The largest absolute Gasteiger partial charge is 0.453 e. The lowest BCUT2D eigenvalue weighted by molar-refractivity contribution is 0.0519. The quantitative estimate of drug-likeness (QED) is 0.929. The van der Waals surface area contributed by atoms with Crippen molar-refractivity contribution in [3.63, 3.8) is 0 Å². The van der Waals surface area contributed by atoms with Crippen molar-refractivity contribution >= 4 is 6.09 Å². The highest BCUT2D eigenvalue weighted by molar-refractivity contribution is 5.68. The first-order valence-electron chi connectivity index (χ1n) is 7.99. The minimum Gasteiger partial charge on any atom is -0.453 e. The molecule has 4 heteroatoms. The van der Waals surface area contributed by atoms with Crippen molar-refractivity contribution < 1.29 is 14.6 Å². The van der Waals surface area contributed by atoms with Crippen molar-refractivity contribution in [2.45, 2.75) is 44.6 Å². The summed E-state index contributed by atoms with van der Waals surface area (Å²) in [6.07, 6.45) is 2.28. The summed E-state index contributed by atoms with van der Waals surface area (Å²) < 4.78 is 4.93. The van der Waals surface area contributed by atoms with Crippen LogP contribution in [0, 0.1) is 5.92 Å². The fraction of sp³-hybridized carbons (Fsp3) is 0.611. The SMILES string of the molecule is COC(=O)N1CCC(CO)CC1CC(C)(C)c1ccccc1. The molecule has 2 rings (SSSR count). The number of carbonyl (C=O) groups excluding carboxylic acids is 1. The topological polar surface area (TPSA) is 49.8 Å². The normalized spacial score (nSPS) is 22.5. The number of ether oxygens (including phenoxy) is 1. The van der Waals surface area contributed by atoms with Gasteiger partial charge in [-0.3, -0.25) is 0 Å². The summed E-state index contributed by atoms with van der Waals surface area (Å²) in [6.45, 7) is 5.27. The fourth-order valence-corrected chi connectivity index (χ4v) is 3.45. The number of piperidine rings is 1. The van der Waals surface area contributed by atoms with Crippen molar-refractivity contribution in [3.05, 3.63) is 35.9 Å². The van der Waals surface area contributed by atoms with E-state index >= 15 is 0 Å². The third-order valence-electron chi connectivity index (χ3n) is 4.79. The van der Waals surface area contributed by atoms with Crippen LogP contribution in [0.3, 0.4) is 0 Å². The van der Waals surface area contributed by atoms with Crippen LogP contribution in [0.25, 0.3) is 0 Å². The molecule has 2 atom stereocenters. The molecule has 0 spiro atoms. The van der Waals surface area contributed by atoms with Crippen molar-refractivity contribution in [2.24, 2.45) is 5.92 Å². The number of likely N-dealkylation sites (tertiary alicyclic amines) is 1. The summed E-state index contributed by atoms with van der Waals surface area (Å²) in [6, 6.07) is 10.5. The number of amides is 1. The summed E-state index contributed by atoms with van der Waals surface area (Å²) in [5, 5.41) is 9.47. The van der Waals surface area contributed by atoms with Gasteiger partial charge in [-0.1, -0.05) is 44.2 Å². The van der Waals surface area contributed by atoms with Crippen LogP contribution in [-0.4, -0.2) is 42.4 Å². The highest BCUT2D eigenvalue weighted by Crippen LogP contribution is 2.34. The molecule has 1 fully saturated rings. The molecule has 0 aromatic heterocycles. The van der Waals surface area contributed by atoms with Gasteiger partial charge in [-0.25, -0.2) is 4.79 Å². The highest BCUT2D eigenvalue weighted by Gasteiger charge is 2.36. The number of nitrogens with zero attached hydrogens (tertiary/aromatic N) is 1. The minimum absolute atomic E-state index is 0.0322. The second-order valence-corrected chi connectivity index (χ2v) is 6.84. The van der Waals surface area contributed by atoms with E-state index in [0.29, 0.717) is 6.54 Å². The molecule has 4 nitrogen and oxygen atoms in total. The van der Waals surface area contributed by atoms with Crippen LogP contribution in [0.2, 0.25) is 0 Å². The molecule has 1 aromatic carbocycles. The maximum absolute atomic E-state index is 12.0. The first kappa shape index (κ1) is 16.8. The number of aliphatic hydroxyl groups excluding tert-OH is 1. The Labute approximate surface area is 133 Å². The average Bonchev–Trinajstić information content (AvgIpc) is 2.54. The second-order valence-electron chi connectivity index (χ2n) is 6.84. The molecule has 1 saturated heterocycles. The molecule has 0 bridgehead atoms. The van der Waals surface area contributed by atoms with Gasteiger partial charge in [0.05, 0.1) is 7.11 Å². The lowest BCUT2D eigenvalue weighted by Gasteiger charge is -2.41. The average molecular weight is 305 g/mol. The Morgan fingerprint density at radius 2 is 2.05 bits per heavy atom. The van der Waals surface area contributed by atoms with Gasteiger partial charge < -0.3 is 14.7 Å². The molecule has 1 aromatic rings. The van der Waals surface area contributed by atoms with E-state index in [0.717, 1.165) is 19.3 Å². The van der Waals surface area contributed by atoms with E-state index in [1.807, 2.05) is 23.1 Å². The Hall–Kier alpha value is -1.55. The van der Waals surface area contributed by atoms with Crippen molar-refractivity contribution in [1.82, 2.24) is 4.90 Å². The first-order valence-corrected chi connectivity index (χ1v) is 7.99. The van der Waals surface area contributed by atoms with E-state index in [9.17, 15) is 9.90 Å². The van der Waals surface area contributed by atoms with Crippen LogP contribution in [0.15, 0.2) is 30.3 Å². The van der Waals surface area contributed by atoms with Gasteiger partial charge >= 0.3 is 6.09 Å². The molecule has 22 heavy (non-hydrogen) atoms. The second kappa shape index (κ2) is 7.14. The molecule has 2 unspecified atom stereocenters. The van der Waals surface area contributed by atoms with Crippen LogP contribution in [0.1, 0.15) is 38.7 Å². The number of aliphatic hydroxyl groups is 1. The zero-order valence-electron chi connectivity index (χ0n) is 13.8. The first-order chi connectivity index (χ1) is 10.5. The van der Waals surface area contributed by atoms with Crippen LogP contribution >= 0.6 is 0 Å². The van der Waals surface area contributed by atoms with Gasteiger partial charge in [0.1, 0.15) is 0 Å². The highest BCUT2D eigenvalue weighted by atomic mass is 16.5. The Balaban J connectivity index is 2.16. The van der Waals surface area contributed by atoms with E-state index in [4.69, 9.17) is 4.74 Å². The number of hydrogen-bond acceptors (Lipinski definition) is 3. The van der Waals surface area contributed by atoms with Gasteiger partial charge in [0.2, 0.25) is 0 Å². The molecule has 1 aliphatic heterocycles. The standard InChI is InChI=1S/C18H27NO3/c1-18(2,15-7-5-4-6-8-15)12-16-11-14(13-20)9-10-19(16)17(21)22-3/h4-8,14,16,20H,9-13H2,1-3H3. The molecule has 0 radical (unpaired) electrons. The molecular formula is C18H27NO3. The summed E-state index contributed by atoms with van der Waals surface area (Å²) in [5.74, 6) is 0.275. The van der Waals surface area contributed by atoms with Gasteiger partial charge in [-0.2, -0.15) is 0 Å². The fourth-order valence-electron chi connectivity index (χ4n) is 3.45. The van der Waals surface area contributed by atoms with Gasteiger partial charge in [0.25, 0.3) is 0 Å². The molecule has 1 amide bonds. The van der Waals surface area contributed by atoms with Crippen molar-refractivity contribution in [1.29, 1.82) is 0 Å². The molecular weight excluding hydrogens is 278 g/mol. The number of hydrogen-bond donors (Lipinski definition) is 1. The van der Waals surface area contributed by atoms with E-state index in [2.05, 4.69) is 26.0 Å². The van der Waals surface area contributed by atoms with E-state index in [1.165, 1.54) is 12.7 Å². The van der Waals surface area contributed by atoms with Crippen LogP contribution in [0.5, 0.6) is 0 Å². The zero-order valence-corrected chi connectivity index (χ0v) is 13.8. The maximum atomic E-state index is 12.0. The van der Waals surface area contributed by atoms with E-state index < -0.39 is 0 Å². The number of carbonyl (C=O) groups is 1. The summed E-state index contributed by atoms with van der Waals surface area (Å²) in [7, 11) is 1.43. The monoisotopic (exact) mass is 305 g/mol. The van der Waals surface area contributed by atoms with E-state index in [-0.39, 0.29) is 30.1 Å². The Kier molecular flexibility index (Phi) is 5.46. The number of rotatable bonds is 4. The van der Waals surface area contributed by atoms with Crippen LogP contribution in [-0.2, 0) is 10.2 Å². The lowest BCUT2D eigenvalue weighted by atomic mass is 9.76. The Morgan fingerprint density at radius 1 is 1.36 bits per heavy atom. The lowest BCUT2D eigenvalue weighted by Crippen LogP contribution is -2.48.